The SMILES string of the molecule is Nc1nc(SCC(=O)Nc2ccccc2C(=O)c2ccccc2)[nH]c(=O)c1N. The van der Waals surface area contributed by atoms with Crippen LogP contribution in [0.4, 0.5) is 17.2 Å². The number of aromatic amines is 1. The van der Waals surface area contributed by atoms with Crippen LogP contribution in [0.1, 0.15) is 15.9 Å². The number of ketones is 1. The van der Waals surface area contributed by atoms with Crippen LogP contribution in [-0.4, -0.2) is 27.4 Å². The molecule has 0 unspecified atom stereocenters. The molecule has 0 saturated carbocycles. The molecule has 28 heavy (non-hydrogen) atoms. The van der Waals surface area contributed by atoms with E-state index in [4.69, 9.17) is 11.5 Å². The average Bonchev–Trinajstić information content (AvgIpc) is 2.71. The van der Waals surface area contributed by atoms with Crippen molar-refractivity contribution in [1.82, 2.24) is 9.97 Å². The van der Waals surface area contributed by atoms with Crippen molar-refractivity contribution in [3.8, 4) is 0 Å². The Morgan fingerprint density at radius 1 is 1.04 bits per heavy atom. The molecule has 0 spiro atoms. The highest BCUT2D eigenvalue weighted by molar-refractivity contribution is 7.99. The number of H-pyrrole nitrogens is 1. The number of para-hydroxylation sites is 1. The second-order valence-electron chi connectivity index (χ2n) is 5.75. The van der Waals surface area contributed by atoms with Crippen LogP contribution in [0.2, 0.25) is 0 Å². The highest BCUT2D eigenvalue weighted by Gasteiger charge is 2.15. The van der Waals surface area contributed by atoms with Crippen molar-refractivity contribution in [2.75, 3.05) is 22.5 Å². The summed E-state index contributed by atoms with van der Waals surface area (Å²) in [5.74, 6) is -0.691. The molecule has 0 atom stereocenters. The Morgan fingerprint density at radius 3 is 2.43 bits per heavy atom. The number of rotatable bonds is 6. The van der Waals surface area contributed by atoms with Gasteiger partial charge >= 0.3 is 0 Å². The van der Waals surface area contributed by atoms with Gasteiger partial charge < -0.3 is 16.8 Å². The number of thioether (sulfide) groups is 1. The van der Waals surface area contributed by atoms with Crippen LogP contribution >= 0.6 is 11.8 Å². The number of carbonyl (C=O) groups excluding carboxylic acids is 2. The van der Waals surface area contributed by atoms with Crippen LogP contribution in [-0.2, 0) is 4.79 Å². The van der Waals surface area contributed by atoms with E-state index in [2.05, 4.69) is 15.3 Å². The number of hydrogen-bond acceptors (Lipinski definition) is 7. The predicted molar refractivity (Wildman–Crippen MR) is 109 cm³/mol. The van der Waals surface area contributed by atoms with Crippen molar-refractivity contribution >= 4 is 40.6 Å². The van der Waals surface area contributed by atoms with Gasteiger partial charge in [-0.2, -0.15) is 0 Å². The third-order valence-electron chi connectivity index (χ3n) is 3.78. The van der Waals surface area contributed by atoms with Gasteiger partial charge in [0.15, 0.2) is 16.8 Å². The zero-order valence-electron chi connectivity index (χ0n) is 14.6. The van der Waals surface area contributed by atoms with Gasteiger partial charge in [0.2, 0.25) is 5.91 Å². The Kier molecular flexibility index (Phi) is 5.75. The van der Waals surface area contributed by atoms with Crippen LogP contribution < -0.4 is 22.3 Å². The topological polar surface area (TPSA) is 144 Å². The van der Waals surface area contributed by atoms with Crippen LogP contribution in [0.5, 0.6) is 0 Å². The van der Waals surface area contributed by atoms with Crippen LogP contribution in [0.15, 0.2) is 64.5 Å². The maximum absolute atomic E-state index is 12.7. The van der Waals surface area contributed by atoms with Crippen LogP contribution in [0.3, 0.4) is 0 Å². The molecule has 2 aromatic carbocycles. The minimum absolute atomic E-state index is 0.0415. The highest BCUT2D eigenvalue weighted by Crippen LogP contribution is 2.20. The van der Waals surface area contributed by atoms with Crippen molar-refractivity contribution in [2.24, 2.45) is 0 Å². The van der Waals surface area contributed by atoms with E-state index in [1.54, 1.807) is 48.5 Å². The van der Waals surface area contributed by atoms with Gasteiger partial charge in [-0.3, -0.25) is 19.4 Å². The molecule has 3 rings (SSSR count). The third kappa shape index (κ3) is 4.38. The highest BCUT2D eigenvalue weighted by atomic mass is 32.2. The first-order chi connectivity index (χ1) is 13.5. The molecule has 142 valence electrons. The molecular formula is C19H17N5O3S. The normalized spacial score (nSPS) is 10.4. The molecule has 1 aromatic heterocycles. The molecule has 8 nitrogen and oxygen atoms in total. The Hall–Kier alpha value is -3.59. The van der Waals surface area contributed by atoms with Gasteiger partial charge in [0.1, 0.15) is 5.69 Å². The first-order valence-electron chi connectivity index (χ1n) is 8.22. The van der Waals surface area contributed by atoms with Gasteiger partial charge in [0.25, 0.3) is 5.56 Å². The minimum atomic E-state index is -0.561. The Bertz CT molecular complexity index is 1080. The quantitative estimate of drug-likeness (QED) is 0.283. The lowest BCUT2D eigenvalue weighted by atomic mass is 10.0. The lowest BCUT2D eigenvalue weighted by Gasteiger charge is -2.10. The number of nitrogen functional groups attached to an aromatic ring is 2. The number of nitrogens with zero attached hydrogens (tertiary/aromatic N) is 1. The number of hydrogen-bond donors (Lipinski definition) is 4. The van der Waals surface area contributed by atoms with Crippen molar-refractivity contribution in [2.45, 2.75) is 5.16 Å². The summed E-state index contributed by atoms with van der Waals surface area (Å²) in [6.45, 7) is 0. The molecule has 0 bridgehead atoms. The summed E-state index contributed by atoms with van der Waals surface area (Å²) in [5, 5.41) is 2.90. The first-order valence-corrected chi connectivity index (χ1v) is 9.21. The summed E-state index contributed by atoms with van der Waals surface area (Å²) < 4.78 is 0. The van der Waals surface area contributed by atoms with Gasteiger partial charge in [-0.05, 0) is 12.1 Å². The van der Waals surface area contributed by atoms with Crippen molar-refractivity contribution in [1.29, 1.82) is 0 Å². The van der Waals surface area contributed by atoms with Crippen LogP contribution in [0.25, 0.3) is 0 Å². The maximum Gasteiger partial charge on any atom is 0.276 e. The van der Waals surface area contributed by atoms with Gasteiger partial charge in [-0.25, -0.2) is 4.98 Å². The maximum atomic E-state index is 12.7. The van der Waals surface area contributed by atoms with Crippen molar-refractivity contribution in [3.63, 3.8) is 0 Å². The number of nitrogens with two attached hydrogens (primary N) is 2. The van der Waals surface area contributed by atoms with Crippen molar-refractivity contribution in [3.05, 3.63) is 76.1 Å². The molecule has 9 heteroatoms. The lowest BCUT2D eigenvalue weighted by molar-refractivity contribution is -0.113. The molecule has 6 N–H and O–H groups in total. The number of anilines is 3. The number of benzene rings is 2. The molecule has 0 radical (unpaired) electrons. The predicted octanol–water partition coefficient (Wildman–Crippen LogP) is 1.90. The number of aromatic nitrogens is 2. The molecule has 0 saturated heterocycles. The number of amides is 1. The van der Waals surface area contributed by atoms with Gasteiger partial charge in [0.05, 0.1) is 11.4 Å². The summed E-state index contributed by atoms with van der Waals surface area (Å²) >= 11 is 0.996. The second kappa shape index (κ2) is 8.40. The van der Waals surface area contributed by atoms with Crippen molar-refractivity contribution < 1.29 is 9.59 Å². The van der Waals surface area contributed by atoms with E-state index >= 15 is 0 Å². The van der Waals surface area contributed by atoms with E-state index < -0.39 is 5.56 Å². The van der Waals surface area contributed by atoms with E-state index in [9.17, 15) is 14.4 Å². The molecule has 1 amide bonds. The Balaban J connectivity index is 1.71. The zero-order valence-corrected chi connectivity index (χ0v) is 15.5. The number of carbonyl (C=O) groups is 2. The summed E-state index contributed by atoms with van der Waals surface area (Å²) in [6.07, 6.45) is 0. The summed E-state index contributed by atoms with van der Waals surface area (Å²) in [5.41, 5.74) is 11.6. The zero-order chi connectivity index (χ0) is 20.1. The standard InChI is InChI=1S/C19H17N5O3S/c20-15-17(21)23-19(24-18(15)27)28-10-14(25)22-13-9-5-4-8-12(13)16(26)11-6-2-1-3-7-11/h1-9H,10,20H2,(H,22,25)(H3,21,23,24,27). The van der Waals surface area contributed by atoms with E-state index in [1.165, 1.54) is 0 Å². The molecule has 3 aromatic rings. The lowest BCUT2D eigenvalue weighted by Crippen LogP contribution is -2.19. The Morgan fingerprint density at radius 2 is 1.71 bits per heavy atom. The van der Waals surface area contributed by atoms with Gasteiger partial charge in [-0.15, -0.1) is 0 Å². The van der Waals surface area contributed by atoms with E-state index in [0.29, 0.717) is 16.8 Å². The first kappa shape index (κ1) is 19.2. The largest absolute Gasteiger partial charge is 0.391 e. The van der Waals surface area contributed by atoms with Gasteiger partial charge in [-0.1, -0.05) is 54.2 Å². The molecule has 1 heterocycles. The fraction of sp³-hybridized carbons (Fsp3) is 0.0526. The summed E-state index contributed by atoms with van der Waals surface area (Å²) in [7, 11) is 0. The molecule has 0 aliphatic rings. The summed E-state index contributed by atoms with van der Waals surface area (Å²) in [4.78, 5) is 43.0. The van der Waals surface area contributed by atoms with E-state index in [0.717, 1.165) is 11.8 Å². The van der Waals surface area contributed by atoms with Gasteiger partial charge in [0, 0.05) is 11.1 Å². The van der Waals surface area contributed by atoms with E-state index in [1.807, 2.05) is 6.07 Å². The third-order valence-corrected chi connectivity index (χ3v) is 4.66. The fourth-order valence-electron chi connectivity index (χ4n) is 2.40. The molecular weight excluding hydrogens is 378 g/mol. The number of nitrogens with one attached hydrogen (secondary N) is 2. The molecule has 0 aliphatic carbocycles. The fourth-order valence-corrected chi connectivity index (χ4v) is 3.07. The molecule has 0 aliphatic heterocycles. The second-order valence-corrected chi connectivity index (χ2v) is 6.71. The van der Waals surface area contributed by atoms with Crippen LogP contribution in [0, 0.1) is 0 Å². The Labute approximate surface area is 164 Å². The monoisotopic (exact) mass is 395 g/mol. The van der Waals surface area contributed by atoms with E-state index in [-0.39, 0.29) is 34.1 Å². The summed E-state index contributed by atoms with van der Waals surface area (Å²) in [6, 6.07) is 15.6. The average molecular weight is 395 g/mol. The smallest absolute Gasteiger partial charge is 0.276 e. The minimum Gasteiger partial charge on any atom is -0.391 e. The molecule has 0 fully saturated rings.